The average Bonchev–Trinajstić information content (AvgIpc) is 3.04. The minimum absolute atomic E-state index is 0.580. The van der Waals surface area contributed by atoms with Gasteiger partial charge < -0.3 is 19.2 Å². The van der Waals surface area contributed by atoms with E-state index >= 15 is 0 Å². The minimum Gasteiger partial charge on any atom is -0.486 e. The van der Waals surface area contributed by atoms with Crippen molar-refractivity contribution in [3.63, 3.8) is 0 Å². The van der Waals surface area contributed by atoms with Gasteiger partial charge in [0.05, 0.1) is 12.5 Å². The molecule has 0 saturated heterocycles. The Kier molecular flexibility index (Phi) is 2.88. The zero-order chi connectivity index (χ0) is 14.1. The van der Waals surface area contributed by atoms with Crippen LogP contribution in [0.5, 0.6) is 11.5 Å². The molecule has 3 aromatic rings. The smallest absolute Gasteiger partial charge is 0.162 e. The molecule has 2 aromatic heterocycles. The summed E-state index contributed by atoms with van der Waals surface area (Å²) >= 11 is 0. The Morgan fingerprint density at radius 2 is 1.95 bits per heavy atom. The summed E-state index contributed by atoms with van der Waals surface area (Å²) in [5, 5.41) is 5.42. The third-order valence-corrected chi connectivity index (χ3v) is 3.47. The van der Waals surface area contributed by atoms with Crippen molar-refractivity contribution in [2.24, 2.45) is 0 Å². The quantitative estimate of drug-likeness (QED) is 0.799. The first kappa shape index (κ1) is 12.1. The highest BCUT2D eigenvalue weighted by Gasteiger charge is 2.14. The molecule has 0 fully saturated rings. The van der Waals surface area contributed by atoms with Gasteiger partial charge >= 0.3 is 0 Å². The second kappa shape index (κ2) is 5.01. The molecule has 0 bridgehead atoms. The molecule has 0 radical (unpaired) electrons. The number of fused-ring (bicyclic) bond motifs is 2. The predicted octanol–water partition coefficient (Wildman–Crippen LogP) is 3.21. The number of furan rings is 1. The van der Waals surface area contributed by atoms with Gasteiger partial charge in [0.1, 0.15) is 19.0 Å². The van der Waals surface area contributed by atoms with E-state index in [1.54, 1.807) is 18.7 Å². The molecule has 1 aromatic carbocycles. The summed E-state index contributed by atoms with van der Waals surface area (Å²) in [6.45, 7) is 1.84. The molecule has 1 aliphatic heterocycles. The molecule has 5 nitrogen and oxygen atoms in total. The lowest BCUT2D eigenvalue weighted by Crippen LogP contribution is -2.15. The van der Waals surface area contributed by atoms with E-state index in [0.717, 1.165) is 33.7 Å². The van der Waals surface area contributed by atoms with Crippen LogP contribution in [0.1, 0.15) is 5.56 Å². The summed E-state index contributed by atoms with van der Waals surface area (Å²) in [4.78, 5) is 4.42. The first-order chi connectivity index (χ1) is 10.4. The molecular weight excluding hydrogens is 268 g/mol. The van der Waals surface area contributed by atoms with Crippen molar-refractivity contribution in [1.29, 1.82) is 0 Å². The second-order valence-corrected chi connectivity index (χ2v) is 4.86. The summed E-state index contributed by atoms with van der Waals surface area (Å²) in [7, 11) is 0. The van der Waals surface area contributed by atoms with Gasteiger partial charge in [-0.25, -0.2) is 4.98 Å². The summed E-state index contributed by atoms with van der Waals surface area (Å²) in [5.41, 5.74) is 1.08. The minimum atomic E-state index is 0.580. The number of hydrogen-bond donors (Lipinski definition) is 1. The molecule has 21 heavy (non-hydrogen) atoms. The van der Waals surface area contributed by atoms with Crippen molar-refractivity contribution < 1.29 is 13.9 Å². The molecule has 0 spiro atoms. The molecular formula is C16H14N2O3. The zero-order valence-electron chi connectivity index (χ0n) is 11.3. The topological polar surface area (TPSA) is 56.5 Å². The Bertz CT molecular complexity index is 769. The fourth-order valence-corrected chi connectivity index (χ4v) is 2.43. The molecule has 5 heteroatoms. The lowest BCUT2D eigenvalue weighted by Gasteiger charge is -2.19. The van der Waals surface area contributed by atoms with Crippen LogP contribution in [0.15, 0.2) is 47.4 Å². The molecule has 0 unspecified atom stereocenters. The van der Waals surface area contributed by atoms with E-state index in [4.69, 9.17) is 13.9 Å². The number of rotatable bonds is 3. The third kappa shape index (κ3) is 2.27. The van der Waals surface area contributed by atoms with Crippen LogP contribution >= 0.6 is 0 Å². The van der Waals surface area contributed by atoms with Gasteiger partial charge in [-0.2, -0.15) is 0 Å². The van der Waals surface area contributed by atoms with Gasteiger partial charge in [0.15, 0.2) is 11.5 Å². The summed E-state index contributed by atoms with van der Waals surface area (Å²) < 4.78 is 16.3. The van der Waals surface area contributed by atoms with Crippen molar-refractivity contribution >= 4 is 16.6 Å². The maximum atomic E-state index is 5.64. The average molecular weight is 282 g/mol. The molecule has 4 rings (SSSR count). The van der Waals surface area contributed by atoms with Gasteiger partial charge in [0.25, 0.3) is 0 Å². The Balaban J connectivity index is 1.71. The van der Waals surface area contributed by atoms with E-state index in [1.165, 1.54) is 0 Å². The number of anilines is 1. The largest absolute Gasteiger partial charge is 0.486 e. The van der Waals surface area contributed by atoms with Crippen molar-refractivity contribution in [1.82, 2.24) is 4.98 Å². The van der Waals surface area contributed by atoms with Crippen LogP contribution in [0.25, 0.3) is 10.8 Å². The molecule has 0 saturated carbocycles. The fourth-order valence-electron chi connectivity index (χ4n) is 2.43. The Morgan fingerprint density at radius 1 is 1.10 bits per heavy atom. The molecule has 106 valence electrons. The number of pyridine rings is 1. The number of ether oxygens (including phenoxy) is 2. The van der Waals surface area contributed by atoms with Crippen molar-refractivity contribution in [2.45, 2.75) is 6.54 Å². The van der Waals surface area contributed by atoms with Crippen molar-refractivity contribution in [3.05, 3.63) is 48.6 Å². The van der Waals surface area contributed by atoms with Gasteiger partial charge in [-0.05, 0) is 29.7 Å². The van der Waals surface area contributed by atoms with E-state index in [-0.39, 0.29) is 0 Å². The molecule has 0 atom stereocenters. The molecule has 0 aliphatic carbocycles. The van der Waals surface area contributed by atoms with E-state index in [2.05, 4.69) is 10.3 Å². The van der Waals surface area contributed by atoms with E-state index in [0.29, 0.717) is 19.8 Å². The lowest BCUT2D eigenvalue weighted by molar-refractivity contribution is 0.172. The normalized spacial score (nSPS) is 13.3. The van der Waals surface area contributed by atoms with Gasteiger partial charge in [-0.3, -0.25) is 0 Å². The van der Waals surface area contributed by atoms with Gasteiger partial charge in [-0.15, -0.1) is 0 Å². The Morgan fingerprint density at radius 3 is 2.76 bits per heavy atom. The lowest BCUT2D eigenvalue weighted by atomic mass is 10.1. The first-order valence-electron chi connectivity index (χ1n) is 6.83. The van der Waals surface area contributed by atoms with E-state index < -0.39 is 0 Å². The van der Waals surface area contributed by atoms with E-state index in [1.807, 2.05) is 24.3 Å². The summed E-state index contributed by atoms with van der Waals surface area (Å²) in [6, 6.07) is 7.87. The Labute approximate surface area is 121 Å². The zero-order valence-corrected chi connectivity index (χ0v) is 11.3. The highest BCUT2D eigenvalue weighted by molar-refractivity contribution is 5.94. The van der Waals surface area contributed by atoms with Crippen LogP contribution in [0.2, 0.25) is 0 Å². The second-order valence-electron chi connectivity index (χ2n) is 4.86. The van der Waals surface area contributed by atoms with Crippen LogP contribution < -0.4 is 14.8 Å². The van der Waals surface area contributed by atoms with Gasteiger partial charge in [0, 0.05) is 23.7 Å². The highest BCUT2D eigenvalue weighted by atomic mass is 16.6. The van der Waals surface area contributed by atoms with Crippen LogP contribution in [0.4, 0.5) is 5.82 Å². The molecule has 1 aliphatic rings. The van der Waals surface area contributed by atoms with Gasteiger partial charge in [-0.1, -0.05) is 0 Å². The van der Waals surface area contributed by atoms with Crippen LogP contribution in [-0.2, 0) is 6.54 Å². The standard InChI is InChI=1S/C16H14N2O3/c1-3-17-16(18-9-11-2-4-19-10-11)13-8-15-14(7-12(1)13)20-5-6-21-15/h1-4,7-8,10H,5-6,9H2,(H,17,18). The highest BCUT2D eigenvalue weighted by Crippen LogP contribution is 2.36. The maximum Gasteiger partial charge on any atom is 0.162 e. The number of nitrogens with zero attached hydrogens (tertiary/aromatic N) is 1. The Hall–Kier alpha value is -2.69. The summed E-state index contributed by atoms with van der Waals surface area (Å²) in [5.74, 6) is 2.39. The molecule has 3 heterocycles. The fraction of sp³-hybridized carbons (Fsp3) is 0.188. The third-order valence-electron chi connectivity index (χ3n) is 3.47. The number of nitrogens with one attached hydrogen (secondary N) is 1. The summed E-state index contributed by atoms with van der Waals surface area (Å²) in [6.07, 6.45) is 5.17. The van der Waals surface area contributed by atoms with Crippen molar-refractivity contribution in [3.8, 4) is 11.5 Å². The van der Waals surface area contributed by atoms with Gasteiger partial charge in [0.2, 0.25) is 0 Å². The van der Waals surface area contributed by atoms with Crippen LogP contribution in [0, 0.1) is 0 Å². The number of hydrogen-bond acceptors (Lipinski definition) is 5. The van der Waals surface area contributed by atoms with E-state index in [9.17, 15) is 0 Å². The van der Waals surface area contributed by atoms with Crippen LogP contribution in [0.3, 0.4) is 0 Å². The maximum absolute atomic E-state index is 5.64. The number of aromatic nitrogens is 1. The SMILES string of the molecule is c1cc2cc3c(cc2c(NCc2ccoc2)n1)OCCO3. The molecule has 1 N–H and O–H groups in total. The molecule has 0 amide bonds. The first-order valence-corrected chi connectivity index (χ1v) is 6.83. The monoisotopic (exact) mass is 282 g/mol. The number of benzene rings is 1. The predicted molar refractivity (Wildman–Crippen MR) is 78.8 cm³/mol. The van der Waals surface area contributed by atoms with Crippen LogP contribution in [-0.4, -0.2) is 18.2 Å². The van der Waals surface area contributed by atoms with Crippen molar-refractivity contribution in [2.75, 3.05) is 18.5 Å².